The van der Waals surface area contributed by atoms with Crippen LogP contribution in [0, 0.1) is 0 Å². The smallest absolute Gasteiger partial charge is 0.164 e. The fourth-order valence-electron chi connectivity index (χ4n) is 8.49. The highest BCUT2D eigenvalue weighted by Crippen LogP contribution is 2.42. The summed E-state index contributed by atoms with van der Waals surface area (Å²) in [5, 5.41) is 11.5. The molecule has 12 rings (SSSR count). The molecular weight excluding hydrogens is 687 g/mol. The molecule has 3 aromatic heterocycles. The molecule has 0 aliphatic carbocycles. The summed E-state index contributed by atoms with van der Waals surface area (Å²) >= 11 is 0. The molecule has 0 saturated heterocycles. The van der Waals surface area contributed by atoms with Gasteiger partial charge in [0.1, 0.15) is 22.3 Å². The number of aromatic nitrogens is 3. The van der Waals surface area contributed by atoms with Crippen molar-refractivity contribution >= 4 is 76.2 Å². The molecule has 5 nitrogen and oxygen atoms in total. The van der Waals surface area contributed by atoms with Crippen molar-refractivity contribution in [2.45, 2.75) is 0 Å². The average molecular weight is 716 g/mol. The quantitative estimate of drug-likeness (QED) is 0.170. The lowest BCUT2D eigenvalue weighted by atomic mass is 9.90. The summed E-state index contributed by atoms with van der Waals surface area (Å²) in [5.74, 6) is 1.73. The Kier molecular flexibility index (Phi) is 6.56. The van der Waals surface area contributed by atoms with Gasteiger partial charge in [-0.1, -0.05) is 133 Å². The van der Waals surface area contributed by atoms with E-state index < -0.39 is 0 Å². The largest absolute Gasteiger partial charge is 0.456 e. The van der Waals surface area contributed by atoms with Gasteiger partial charge >= 0.3 is 0 Å². The fraction of sp³-hybridized carbons (Fsp3) is 0. The first-order valence-corrected chi connectivity index (χ1v) is 18.8. The molecule has 9 aromatic carbocycles. The van der Waals surface area contributed by atoms with Crippen molar-refractivity contribution in [2.75, 3.05) is 0 Å². The summed E-state index contributed by atoms with van der Waals surface area (Å²) in [5.41, 5.74) is 8.13. The van der Waals surface area contributed by atoms with Crippen LogP contribution in [0.2, 0.25) is 0 Å². The summed E-state index contributed by atoms with van der Waals surface area (Å²) in [4.78, 5) is 15.3. The molecule has 12 aromatic rings. The molecule has 0 radical (unpaired) electrons. The van der Waals surface area contributed by atoms with Crippen LogP contribution in [0.25, 0.3) is 121 Å². The molecule has 0 N–H and O–H groups in total. The van der Waals surface area contributed by atoms with Crippen molar-refractivity contribution in [3.05, 3.63) is 176 Å². The molecule has 260 valence electrons. The second-order valence-electron chi connectivity index (χ2n) is 14.3. The fourth-order valence-corrected chi connectivity index (χ4v) is 8.49. The number of benzene rings is 9. The summed E-state index contributed by atoms with van der Waals surface area (Å²) in [7, 11) is 0. The van der Waals surface area contributed by atoms with E-state index in [9.17, 15) is 0 Å². The molecule has 0 amide bonds. The monoisotopic (exact) mass is 715 g/mol. The maximum absolute atomic E-state index is 6.54. The van der Waals surface area contributed by atoms with Crippen LogP contribution in [-0.4, -0.2) is 15.0 Å². The zero-order chi connectivity index (χ0) is 36.7. The van der Waals surface area contributed by atoms with Gasteiger partial charge in [-0.3, -0.25) is 0 Å². The lowest BCUT2D eigenvalue weighted by Crippen LogP contribution is -2.00. The van der Waals surface area contributed by atoms with E-state index >= 15 is 0 Å². The van der Waals surface area contributed by atoms with E-state index in [0.29, 0.717) is 17.5 Å². The van der Waals surface area contributed by atoms with Crippen LogP contribution < -0.4 is 0 Å². The number of para-hydroxylation sites is 1. The Balaban J connectivity index is 1.08. The van der Waals surface area contributed by atoms with Gasteiger partial charge in [-0.15, -0.1) is 0 Å². The number of fused-ring (bicyclic) bond motifs is 11. The Morgan fingerprint density at radius 1 is 0.286 bits per heavy atom. The van der Waals surface area contributed by atoms with Gasteiger partial charge in [-0.2, -0.15) is 0 Å². The van der Waals surface area contributed by atoms with Crippen LogP contribution in [-0.2, 0) is 0 Å². The normalized spacial score (nSPS) is 11.9. The second-order valence-corrected chi connectivity index (χ2v) is 14.3. The zero-order valence-corrected chi connectivity index (χ0v) is 29.9. The van der Waals surface area contributed by atoms with Crippen LogP contribution in [0.3, 0.4) is 0 Å². The molecule has 0 atom stereocenters. The first-order valence-electron chi connectivity index (χ1n) is 18.8. The van der Waals surface area contributed by atoms with Gasteiger partial charge in [0.05, 0.1) is 0 Å². The van der Waals surface area contributed by atoms with Crippen molar-refractivity contribution in [3.8, 4) is 45.3 Å². The second kappa shape index (κ2) is 11.9. The van der Waals surface area contributed by atoms with Crippen LogP contribution >= 0.6 is 0 Å². The molecule has 0 bridgehead atoms. The highest BCUT2D eigenvalue weighted by atomic mass is 16.3. The Morgan fingerprint density at radius 2 is 0.911 bits per heavy atom. The van der Waals surface area contributed by atoms with Gasteiger partial charge in [0.2, 0.25) is 0 Å². The molecule has 0 unspecified atom stereocenters. The minimum atomic E-state index is 0.566. The van der Waals surface area contributed by atoms with Gasteiger partial charge in [0, 0.05) is 38.2 Å². The molecule has 0 aliphatic rings. The Labute approximate surface area is 320 Å². The predicted molar refractivity (Wildman–Crippen MR) is 229 cm³/mol. The molecule has 0 saturated carbocycles. The standard InChI is InChI=1S/C51H29N3O2/c1-2-12-31(13-3-1)49-52-50(33-22-25-39-38-17-8-9-19-44(38)56-47(39)28-33)54-51(53-49)40-18-10-20-46-48(40)43-27-32(23-26-45(43)55-46)41-29-42-34-14-5-4-11-30(34)21-24-37(42)35-15-6-7-16-36(35)41/h1-29H. The molecule has 0 fully saturated rings. The molecular formula is C51H29N3O2. The maximum atomic E-state index is 6.54. The first-order chi connectivity index (χ1) is 27.7. The van der Waals surface area contributed by atoms with E-state index in [4.69, 9.17) is 23.8 Å². The van der Waals surface area contributed by atoms with Crippen LogP contribution in [0.5, 0.6) is 0 Å². The van der Waals surface area contributed by atoms with Crippen molar-refractivity contribution in [1.82, 2.24) is 15.0 Å². The van der Waals surface area contributed by atoms with E-state index in [-0.39, 0.29) is 0 Å². The number of hydrogen-bond donors (Lipinski definition) is 0. The summed E-state index contributed by atoms with van der Waals surface area (Å²) in [6, 6.07) is 61.1. The highest BCUT2D eigenvalue weighted by molar-refractivity contribution is 6.21. The van der Waals surface area contributed by atoms with E-state index in [0.717, 1.165) is 66.1 Å². The predicted octanol–water partition coefficient (Wildman–Crippen LogP) is 13.8. The average Bonchev–Trinajstić information content (AvgIpc) is 3.84. The van der Waals surface area contributed by atoms with Crippen molar-refractivity contribution in [3.63, 3.8) is 0 Å². The van der Waals surface area contributed by atoms with Crippen molar-refractivity contribution in [1.29, 1.82) is 0 Å². The number of hydrogen-bond acceptors (Lipinski definition) is 5. The molecule has 0 spiro atoms. The number of furan rings is 2. The van der Waals surface area contributed by atoms with Gasteiger partial charge in [-0.25, -0.2) is 15.0 Å². The first kappa shape index (κ1) is 30.8. The van der Waals surface area contributed by atoms with Gasteiger partial charge < -0.3 is 8.83 Å². The van der Waals surface area contributed by atoms with E-state index in [1.54, 1.807) is 0 Å². The zero-order valence-electron chi connectivity index (χ0n) is 29.9. The number of rotatable bonds is 4. The SMILES string of the molecule is c1ccc(-c2nc(-c3ccc4c(c3)oc3ccccc34)nc(-c3cccc4oc5ccc(-c6cc7c8ccccc8ccc7c7ccccc67)cc5c34)n2)cc1. The minimum absolute atomic E-state index is 0.566. The van der Waals surface area contributed by atoms with Crippen LogP contribution in [0.4, 0.5) is 0 Å². The Bertz CT molecular complexity index is 3550. The third-order valence-electron chi connectivity index (χ3n) is 11.1. The third-order valence-corrected chi connectivity index (χ3v) is 11.1. The third kappa shape index (κ3) is 4.71. The molecule has 5 heteroatoms. The summed E-state index contributed by atoms with van der Waals surface area (Å²) in [6.45, 7) is 0. The number of nitrogens with zero attached hydrogens (tertiary/aromatic N) is 3. The summed E-state index contributed by atoms with van der Waals surface area (Å²) < 4.78 is 12.8. The lowest BCUT2D eigenvalue weighted by molar-refractivity contribution is 0.668. The van der Waals surface area contributed by atoms with E-state index in [1.165, 1.54) is 37.9 Å². The maximum Gasteiger partial charge on any atom is 0.164 e. The topological polar surface area (TPSA) is 65.0 Å². The van der Waals surface area contributed by atoms with Crippen molar-refractivity contribution in [2.24, 2.45) is 0 Å². The summed E-state index contributed by atoms with van der Waals surface area (Å²) in [6.07, 6.45) is 0. The van der Waals surface area contributed by atoms with Gasteiger partial charge in [0.25, 0.3) is 0 Å². The Morgan fingerprint density at radius 3 is 1.80 bits per heavy atom. The van der Waals surface area contributed by atoms with Crippen molar-refractivity contribution < 1.29 is 8.83 Å². The molecule has 56 heavy (non-hydrogen) atoms. The molecule has 3 heterocycles. The van der Waals surface area contributed by atoms with E-state index in [1.807, 2.05) is 66.7 Å². The van der Waals surface area contributed by atoms with Crippen LogP contribution in [0.1, 0.15) is 0 Å². The van der Waals surface area contributed by atoms with E-state index in [2.05, 4.69) is 109 Å². The Hall–Kier alpha value is -7.63. The minimum Gasteiger partial charge on any atom is -0.456 e. The van der Waals surface area contributed by atoms with Gasteiger partial charge in [-0.05, 0) is 85.9 Å². The highest BCUT2D eigenvalue weighted by Gasteiger charge is 2.20. The lowest BCUT2D eigenvalue weighted by Gasteiger charge is -2.13. The molecule has 0 aliphatic heterocycles. The van der Waals surface area contributed by atoms with Gasteiger partial charge in [0.15, 0.2) is 17.5 Å². The van der Waals surface area contributed by atoms with Crippen LogP contribution in [0.15, 0.2) is 185 Å².